The van der Waals surface area contributed by atoms with Gasteiger partial charge in [-0.25, -0.2) is 0 Å². The van der Waals surface area contributed by atoms with Crippen LogP contribution in [0.2, 0.25) is 0 Å². The molecule has 9 heteroatoms. The molecule has 1 unspecified atom stereocenters. The van der Waals surface area contributed by atoms with E-state index < -0.39 is 20.0 Å². The molecule has 0 bridgehead atoms. The van der Waals surface area contributed by atoms with E-state index in [1.54, 1.807) is 6.08 Å². The van der Waals surface area contributed by atoms with Gasteiger partial charge in [0.25, 0.3) is 7.82 Å². The van der Waals surface area contributed by atoms with Gasteiger partial charge in [-0.05, 0) is 44.9 Å². The highest BCUT2D eigenvalue weighted by molar-refractivity contribution is 7.45. The molecule has 0 saturated heterocycles. The van der Waals surface area contributed by atoms with E-state index in [9.17, 15) is 19.4 Å². The molecule has 302 valence electrons. The zero-order valence-corrected chi connectivity index (χ0v) is 35.0. The van der Waals surface area contributed by atoms with E-state index in [1.807, 2.05) is 27.2 Å². The average molecular weight is 743 g/mol. The normalized spacial score (nSPS) is 14.7. The monoisotopic (exact) mass is 743 g/mol. The molecule has 0 rings (SSSR count). The van der Waals surface area contributed by atoms with Gasteiger partial charge in [0.1, 0.15) is 13.2 Å². The van der Waals surface area contributed by atoms with E-state index >= 15 is 0 Å². The van der Waals surface area contributed by atoms with E-state index in [2.05, 4.69) is 31.3 Å². The van der Waals surface area contributed by atoms with Crippen LogP contribution in [0.5, 0.6) is 0 Å². The molecule has 0 spiro atoms. The van der Waals surface area contributed by atoms with Crippen LogP contribution in [0.1, 0.15) is 187 Å². The third-order valence-corrected chi connectivity index (χ3v) is 10.4. The number of unbranched alkanes of at least 4 members (excludes halogenated alkanes) is 23. The van der Waals surface area contributed by atoms with Gasteiger partial charge in [-0.3, -0.25) is 9.36 Å². The molecular formula is C42H83N2O6P. The van der Waals surface area contributed by atoms with E-state index in [0.29, 0.717) is 17.4 Å². The number of rotatable bonds is 38. The predicted molar refractivity (Wildman–Crippen MR) is 215 cm³/mol. The summed E-state index contributed by atoms with van der Waals surface area (Å²) in [6, 6.07) is -0.886. The van der Waals surface area contributed by atoms with Crippen molar-refractivity contribution in [2.45, 2.75) is 199 Å². The number of carbonyl (C=O) groups is 1. The summed E-state index contributed by atoms with van der Waals surface area (Å²) < 4.78 is 23.1. The summed E-state index contributed by atoms with van der Waals surface area (Å²) in [5.41, 5.74) is 0. The lowest BCUT2D eigenvalue weighted by Gasteiger charge is -2.29. The lowest BCUT2D eigenvalue weighted by molar-refractivity contribution is -0.870. The molecule has 3 atom stereocenters. The molecule has 0 aromatic carbocycles. The molecule has 8 nitrogen and oxygen atoms in total. The lowest BCUT2D eigenvalue weighted by atomic mass is 10.0. The Labute approximate surface area is 315 Å². The Morgan fingerprint density at radius 1 is 0.667 bits per heavy atom. The summed E-state index contributed by atoms with van der Waals surface area (Å²) in [5.74, 6) is -0.207. The predicted octanol–water partition coefficient (Wildman–Crippen LogP) is 10.7. The van der Waals surface area contributed by atoms with Gasteiger partial charge >= 0.3 is 0 Å². The van der Waals surface area contributed by atoms with Gasteiger partial charge < -0.3 is 28.8 Å². The van der Waals surface area contributed by atoms with Gasteiger partial charge in [0.15, 0.2) is 0 Å². The number of aliphatic hydroxyl groups is 1. The van der Waals surface area contributed by atoms with Crippen LogP contribution in [-0.4, -0.2) is 68.5 Å². The second kappa shape index (κ2) is 34.7. The number of likely N-dealkylation sites (N-methyl/N-ethyl adjacent to an activating group) is 1. The lowest BCUT2D eigenvalue weighted by Crippen LogP contribution is -2.45. The maximum atomic E-state index is 12.8. The first-order chi connectivity index (χ1) is 24.5. The number of aliphatic hydroxyl groups excluding tert-OH is 1. The quantitative estimate of drug-likeness (QED) is 0.0282. The maximum Gasteiger partial charge on any atom is 0.268 e. The zero-order chi connectivity index (χ0) is 37.9. The molecule has 0 saturated carbocycles. The number of phosphoric acid groups is 1. The highest BCUT2D eigenvalue weighted by atomic mass is 31.2. The van der Waals surface area contributed by atoms with Crippen LogP contribution >= 0.6 is 7.82 Å². The van der Waals surface area contributed by atoms with E-state index in [0.717, 1.165) is 51.4 Å². The van der Waals surface area contributed by atoms with Crippen molar-refractivity contribution in [2.75, 3.05) is 40.9 Å². The van der Waals surface area contributed by atoms with Gasteiger partial charge in [-0.2, -0.15) is 0 Å². The summed E-state index contributed by atoms with van der Waals surface area (Å²) >= 11 is 0. The second-order valence-electron chi connectivity index (χ2n) is 15.7. The summed E-state index contributed by atoms with van der Waals surface area (Å²) in [6.45, 7) is 4.62. The first-order valence-corrected chi connectivity index (χ1v) is 22.7. The molecule has 0 aromatic rings. The molecule has 0 radical (unpaired) electrons. The van der Waals surface area contributed by atoms with E-state index in [4.69, 9.17) is 9.05 Å². The van der Waals surface area contributed by atoms with Crippen molar-refractivity contribution in [3.05, 3.63) is 24.3 Å². The van der Waals surface area contributed by atoms with E-state index in [-0.39, 0.29) is 19.1 Å². The van der Waals surface area contributed by atoms with Crippen LogP contribution in [0.3, 0.4) is 0 Å². The smallest absolute Gasteiger partial charge is 0.268 e. The van der Waals surface area contributed by atoms with Crippen LogP contribution < -0.4 is 10.2 Å². The number of carbonyl (C=O) groups excluding carboxylic acids is 1. The summed E-state index contributed by atoms with van der Waals surface area (Å²) in [4.78, 5) is 25.2. The Bertz CT molecular complexity index is 891. The van der Waals surface area contributed by atoms with Gasteiger partial charge in [0.05, 0.1) is 39.9 Å². The van der Waals surface area contributed by atoms with Crippen LogP contribution in [0, 0.1) is 0 Å². The van der Waals surface area contributed by atoms with Crippen molar-refractivity contribution < 1.29 is 32.9 Å². The van der Waals surface area contributed by atoms with Crippen molar-refractivity contribution in [3.8, 4) is 0 Å². The minimum Gasteiger partial charge on any atom is -0.756 e. The molecule has 0 heterocycles. The number of amides is 1. The van der Waals surface area contributed by atoms with Crippen molar-refractivity contribution >= 4 is 13.7 Å². The minimum absolute atomic E-state index is 0.00169. The molecule has 1 amide bonds. The molecule has 51 heavy (non-hydrogen) atoms. The number of quaternary nitrogens is 1. The molecule has 0 aliphatic carbocycles. The standard InChI is InChI=1S/C42H83N2O6P/c1-6-8-10-12-14-16-18-20-22-23-25-27-29-31-33-35-41(45)40(39-50-51(47,48)49-38-37-44(3,4)5)43-42(46)36-34-32-30-28-26-24-21-19-17-15-13-11-9-7-2/h19,21,33,35,40-41,45H,6-18,20,22-32,34,36-39H2,1-5H3,(H-,43,46,47,48)/b21-19+,35-33+/t40-,41+/m0/s1. The number of nitrogens with one attached hydrogen (secondary N) is 1. The third kappa shape index (κ3) is 37.1. The number of hydrogen-bond donors (Lipinski definition) is 2. The summed E-state index contributed by atoms with van der Waals surface area (Å²) in [6.07, 6.45) is 39.3. The maximum absolute atomic E-state index is 12.8. The fraction of sp³-hybridized carbons (Fsp3) is 0.881. The molecule has 0 aliphatic rings. The van der Waals surface area contributed by atoms with Crippen molar-refractivity contribution in [1.29, 1.82) is 0 Å². The van der Waals surface area contributed by atoms with Crippen molar-refractivity contribution in [2.24, 2.45) is 0 Å². The molecule has 0 aliphatic heterocycles. The Balaban J connectivity index is 4.49. The van der Waals surface area contributed by atoms with E-state index in [1.165, 1.54) is 116 Å². The Hall–Kier alpha value is -1.02. The highest BCUT2D eigenvalue weighted by Gasteiger charge is 2.23. The van der Waals surface area contributed by atoms with Gasteiger partial charge in [-0.15, -0.1) is 0 Å². The van der Waals surface area contributed by atoms with Gasteiger partial charge in [0.2, 0.25) is 5.91 Å². The van der Waals surface area contributed by atoms with Crippen LogP contribution in [0.25, 0.3) is 0 Å². The average Bonchev–Trinajstić information content (AvgIpc) is 3.07. The molecule has 2 N–H and O–H groups in total. The topological polar surface area (TPSA) is 108 Å². The second-order valence-corrected chi connectivity index (χ2v) is 17.1. The number of allylic oxidation sites excluding steroid dienone is 3. The van der Waals surface area contributed by atoms with Crippen molar-refractivity contribution in [3.63, 3.8) is 0 Å². The van der Waals surface area contributed by atoms with Crippen LogP contribution in [0.4, 0.5) is 0 Å². The largest absolute Gasteiger partial charge is 0.756 e. The summed E-state index contributed by atoms with van der Waals surface area (Å²) in [7, 11) is 1.26. The first-order valence-electron chi connectivity index (χ1n) is 21.2. The Morgan fingerprint density at radius 3 is 1.53 bits per heavy atom. The Morgan fingerprint density at radius 2 is 1.08 bits per heavy atom. The van der Waals surface area contributed by atoms with Crippen molar-refractivity contribution in [1.82, 2.24) is 5.32 Å². The van der Waals surface area contributed by atoms with Gasteiger partial charge in [-0.1, -0.05) is 160 Å². The molecule has 0 aromatic heterocycles. The SMILES string of the molecule is CCCCCCC/C=C/CCCCCCCC(=O)N[C@@H](COP(=O)([O-])OCC[N+](C)(C)C)[C@H](O)/C=C/CCCCCCCCCCCCCCC. The third-order valence-electron chi connectivity index (χ3n) is 9.41. The zero-order valence-electron chi connectivity index (χ0n) is 34.1. The first kappa shape index (κ1) is 50.0. The van der Waals surface area contributed by atoms with Gasteiger partial charge in [0, 0.05) is 6.42 Å². The molecule has 0 fully saturated rings. The minimum atomic E-state index is -4.58. The number of hydrogen-bond acceptors (Lipinski definition) is 6. The van der Waals surface area contributed by atoms with Crippen LogP contribution in [0.15, 0.2) is 24.3 Å². The highest BCUT2D eigenvalue weighted by Crippen LogP contribution is 2.38. The fourth-order valence-corrected chi connectivity index (χ4v) is 6.69. The number of nitrogens with zero attached hydrogens (tertiary/aromatic N) is 1. The summed E-state index contributed by atoms with van der Waals surface area (Å²) in [5, 5.41) is 13.7. The fourth-order valence-electron chi connectivity index (χ4n) is 5.97. The Kier molecular flexibility index (Phi) is 34.0. The molecular weight excluding hydrogens is 659 g/mol. The number of phosphoric ester groups is 1. The van der Waals surface area contributed by atoms with Crippen LogP contribution in [-0.2, 0) is 18.4 Å².